The molecule has 1 aliphatic rings. The highest BCUT2D eigenvalue weighted by Gasteiger charge is 2.54. The lowest BCUT2D eigenvalue weighted by molar-refractivity contribution is -0.130. The van der Waals surface area contributed by atoms with E-state index in [9.17, 15) is 23.4 Å². The molecule has 3 aromatic rings. The van der Waals surface area contributed by atoms with Gasteiger partial charge in [0.15, 0.2) is 21.5 Å². The largest absolute Gasteiger partial charge is 0.497 e. The maximum absolute atomic E-state index is 14.1. The van der Waals surface area contributed by atoms with Gasteiger partial charge in [0.05, 0.1) is 43.6 Å². The van der Waals surface area contributed by atoms with Crippen LogP contribution in [0, 0.1) is 0 Å². The molecule has 0 unspecified atom stereocenters. The first kappa shape index (κ1) is 32.9. The predicted molar refractivity (Wildman–Crippen MR) is 162 cm³/mol. The number of hydrogen-bond donors (Lipinski definition) is 5. The lowest BCUT2D eigenvalue weighted by Crippen LogP contribution is -2.56. The van der Waals surface area contributed by atoms with Crippen molar-refractivity contribution in [2.24, 2.45) is 4.99 Å². The van der Waals surface area contributed by atoms with Crippen molar-refractivity contribution in [2.45, 2.75) is 35.4 Å². The molecule has 5 N–H and O–H groups in total. The van der Waals surface area contributed by atoms with Crippen molar-refractivity contribution in [1.82, 2.24) is 10.9 Å². The molecule has 12 nitrogen and oxygen atoms in total. The SMILES string of the molecule is COc1cccc([C@@H]2OC(c3ccc(OCCCO)cc3)=N[C@]2(CCS(=O)(=O)c2ccccc2)C(=O)NNC(CO)CO)c1. The van der Waals surface area contributed by atoms with Gasteiger partial charge in [0.1, 0.15) is 11.5 Å². The van der Waals surface area contributed by atoms with Crippen molar-refractivity contribution < 1.29 is 42.7 Å². The van der Waals surface area contributed by atoms with Gasteiger partial charge in [-0.25, -0.2) is 18.8 Å². The summed E-state index contributed by atoms with van der Waals surface area (Å²) >= 11 is 0. The summed E-state index contributed by atoms with van der Waals surface area (Å²) in [6.07, 6.45) is -0.873. The molecule has 1 heterocycles. The molecule has 0 saturated carbocycles. The summed E-state index contributed by atoms with van der Waals surface area (Å²) < 4.78 is 44.2. The molecule has 0 aromatic heterocycles. The molecule has 0 fully saturated rings. The van der Waals surface area contributed by atoms with Crippen LogP contribution in [0.2, 0.25) is 0 Å². The Bertz CT molecular complexity index is 1510. The van der Waals surface area contributed by atoms with E-state index >= 15 is 0 Å². The van der Waals surface area contributed by atoms with Crippen LogP contribution in [0.3, 0.4) is 0 Å². The van der Waals surface area contributed by atoms with Crippen molar-refractivity contribution in [3.8, 4) is 11.5 Å². The van der Waals surface area contributed by atoms with Gasteiger partial charge in [-0.1, -0.05) is 30.3 Å². The molecule has 0 spiro atoms. The van der Waals surface area contributed by atoms with Crippen LogP contribution in [-0.4, -0.2) is 86.4 Å². The summed E-state index contributed by atoms with van der Waals surface area (Å²) in [4.78, 5) is 19.0. The number of carbonyl (C=O) groups is 1. The van der Waals surface area contributed by atoms with E-state index in [1.165, 1.54) is 19.2 Å². The van der Waals surface area contributed by atoms with Crippen LogP contribution in [0.4, 0.5) is 0 Å². The Morgan fingerprint density at radius 2 is 1.73 bits per heavy atom. The van der Waals surface area contributed by atoms with Crippen LogP contribution in [0.15, 0.2) is 88.8 Å². The minimum Gasteiger partial charge on any atom is -0.497 e. The van der Waals surface area contributed by atoms with Gasteiger partial charge in [-0.05, 0) is 54.1 Å². The lowest BCUT2D eigenvalue weighted by atomic mass is 9.85. The van der Waals surface area contributed by atoms with Crippen LogP contribution in [0.1, 0.15) is 30.1 Å². The van der Waals surface area contributed by atoms with Crippen molar-refractivity contribution in [3.63, 3.8) is 0 Å². The van der Waals surface area contributed by atoms with E-state index in [1.807, 2.05) is 0 Å². The first-order valence-corrected chi connectivity index (χ1v) is 15.7. The van der Waals surface area contributed by atoms with Crippen LogP contribution in [-0.2, 0) is 19.4 Å². The molecule has 236 valence electrons. The second kappa shape index (κ2) is 15.1. The third-order valence-electron chi connectivity index (χ3n) is 7.11. The Kier molecular flexibility index (Phi) is 11.3. The van der Waals surface area contributed by atoms with E-state index in [4.69, 9.17) is 24.3 Å². The fourth-order valence-electron chi connectivity index (χ4n) is 4.64. The normalized spacial score (nSPS) is 18.0. The monoisotopic (exact) mass is 627 g/mol. The summed E-state index contributed by atoms with van der Waals surface area (Å²) in [7, 11) is -2.34. The van der Waals surface area contributed by atoms with Gasteiger partial charge >= 0.3 is 0 Å². The number of carbonyl (C=O) groups excluding carboxylic acids is 1. The van der Waals surface area contributed by atoms with Gasteiger partial charge in [-0.3, -0.25) is 10.2 Å². The number of amides is 1. The maximum Gasteiger partial charge on any atom is 0.266 e. The minimum atomic E-state index is -3.84. The maximum atomic E-state index is 14.1. The van der Waals surface area contributed by atoms with Gasteiger partial charge in [0.2, 0.25) is 5.90 Å². The molecule has 13 heteroatoms. The molecule has 0 aliphatic carbocycles. The third-order valence-corrected chi connectivity index (χ3v) is 8.84. The number of hydrazine groups is 1. The summed E-state index contributed by atoms with van der Waals surface area (Å²) in [5.74, 6) is -0.000850. The number of ether oxygens (including phenoxy) is 3. The fourth-order valence-corrected chi connectivity index (χ4v) is 6.02. The smallest absolute Gasteiger partial charge is 0.266 e. The number of aliphatic hydroxyl groups excluding tert-OH is 3. The average Bonchev–Trinajstić information content (AvgIpc) is 3.46. The minimum absolute atomic E-state index is 0.00470. The molecule has 44 heavy (non-hydrogen) atoms. The number of nitrogens with zero attached hydrogens (tertiary/aromatic N) is 1. The second-order valence-corrected chi connectivity index (χ2v) is 12.2. The quantitative estimate of drug-likeness (QED) is 0.116. The molecule has 2 atom stereocenters. The van der Waals surface area contributed by atoms with Gasteiger partial charge < -0.3 is 29.5 Å². The highest BCUT2D eigenvalue weighted by Crippen LogP contribution is 2.43. The second-order valence-electron chi connectivity index (χ2n) is 10.1. The molecule has 1 aliphatic heterocycles. The topological polar surface area (TPSA) is 176 Å². The zero-order valence-electron chi connectivity index (χ0n) is 24.3. The Morgan fingerprint density at radius 1 is 1.00 bits per heavy atom. The first-order chi connectivity index (χ1) is 21.3. The van der Waals surface area contributed by atoms with Gasteiger partial charge in [-0.15, -0.1) is 0 Å². The van der Waals surface area contributed by atoms with Crippen molar-refractivity contribution in [1.29, 1.82) is 0 Å². The molecule has 0 bridgehead atoms. The van der Waals surface area contributed by atoms with Gasteiger partial charge in [0.25, 0.3) is 5.91 Å². The number of aliphatic imine (C=N–C) groups is 1. The zero-order valence-corrected chi connectivity index (χ0v) is 25.1. The Balaban J connectivity index is 1.78. The average molecular weight is 628 g/mol. The fraction of sp³-hybridized carbons (Fsp3) is 0.355. The third kappa shape index (κ3) is 7.73. The van der Waals surface area contributed by atoms with Crippen LogP contribution >= 0.6 is 0 Å². The predicted octanol–water partition coefficient (Wildman–Crippen LogP) is 1.55. The van der Waals surface area contributed by atoms with Crippen LogP contribution in [0.25, 0.3) is 0 Å². The first-order valence-electron chi connectivity index (χ1n) is 14.1. The summed E-state index contributed by atoms with van der Waals surface area (Å²) in [5, 5.41) is 28.1. The molecule has 3 aromatic carbocycles. The Labute approximate surface area is 256 Å². The summed E-state index contributed by atoms with van der Waals surface area (Å²) in [6.45, 7) is -0.600. The van der Waals surface area contributed by atoms with Crippen molar-refractivity contribution in [2.75, 3.05) is 39.3 Å². The number of benzene rings is 3. The summed E-state index contributed by atoms with van der Waals surface area (Å²) in [6, 6.07) is 20.7. The highest BCUT2D eigenvalue weighted by atomic mass is 32.2. The van der Waals surface area contributed by atoms with Gasteiger partial charge in [-0.2, -0.15) is 0 Å². The van der Waals surface area contributed by atoms with Crippen molar-refractivity contribution >= 4 is 21.6 Å². The molecule has 1 amide bonds. The number of aliphatic hydroxyl groups is 3. The summed E-state index contributed by atoms with van der Waals surface area (Å²) in [5.41, 5.74) is 4.35. The van der Waals surface area contributed by atoms with E-state index in [1.54, 1.807) is 66.7 Å². The standard InChI is InChI=1S/C31H37N3O9S/c1-41-26-8-5-7-23(19-26)28-31(30(38)34-33-24(20-36)21-37,15-18-44(39,40)27-9-3-2-4-10-27)32-29(43-28)22-11-13-25(14-12-22)42-17-6-16-35/h2-5,7-14,19,24,28,33,35-37H,6,15-18,20-21H2,1H3,(H,34,38)/t28-,31-/m0/s1. The van der Waals surface area contributed by atoms with E-state index < -0.39 is 52.4 Å². The molecule has 0 radical (unpaired) electrons. The number of nitrogens with one attached hydrogen (secondary N) is 2. The Hall–Kier alpha value is -4.01. The van der Waals surface area contributed by atoms with E-state index in [0.29, 0.717) is 35.7 Å². The lowest BCUT2D eigenvalue weighted by Gasteiger charge is -2.31. The number of hydrogen-bond acceptors (Lipinski definition) is 11. The highest BCUT2D eigenvalue weighted by molar-refractivity contribution is 7.91. The number of methoxy groups -OCH3 is 1. The van der Waals surface area contributed by atoms with E-state index in [-0.39, 0.29) is 23.8 Å². The molecule has 4 rings (SSSR count). The van der Waals surface area contributed by atoms with Crippen LogP contribution < -0.4 is 20.3 Å². The number of rotatable bonds is 16. The molecular weight excluding hydrogens is 590 g/mol. The Morgan fingerprint density at radius 3 is 2.39 bits per heavy atom. The van der Waals surface area contributed by atoms with Crippen LogP contribution in [0.5, 0.6) is 11.5 Å². The van der Waals surface area contributed by atoms with E-state index in [2.05, 4.69) is 10.9 Å². The zero-order chi connectivity index (χ0) is 31.6. The van der Waals surface area contributed by atoms with Gasteiger partial charge in [0, 0.05) is 25.0 Å². The number of sulfone groups is 1. The molecule has 0 saturated heterocycles. The van der Waals surface area contributed by atoms with Crippen molar-refractivity contribution in [3.05, 3.63) is 90.0 Å². The molecular formula is C31H37N3O9S. The van der Waals surface area contributed by atoms with E-state index in [0.717, 1.165) is 0 Å².